The third-order valence-corrected chi connectivity index (χ3v) is 5.54. The SMILES string of the molecule is Cc1ccc(NS(=O)(=O)c2ccc(OCC(=O)NCCC(C)C)c(C)c2)cc1. The Morgan fingerprint density at radius 1 is 1.07 bits per heavy atom. The summed E-state index contributed by atoms with van der Waals surface area (Å²) in [6, 6.07) is 11.7. The number of benzene rings is 2. The molecule has 0 aromatic heterocycles. The second-order valence-electron chi connectivity index (χ2n) is 7.22. The van der Waals surface area contributed by atoms with E-state index in [2.05, 4.69) is 23.9 Å². The maximum Gasteiger partial charge on any atom is 0.261 e. The molecule has 0 spiro atoms. The van der Waals surface area contributed by atoms with Crippen molar-refractivity contribution in [3.05, 3.63) is 53.6 Å². The molecule has 7 heteroatoms. The number of anilines is 1. The Balaban J connectivity index is 1.99. The van der Waals surface area contributed by atoms with Crippen molar-refractivity contribution in [2.45, 2.75) is 39.0 Å². The van der Waals surface area contributed by atoms with Crippen LogP contribution in [0, 0.1) is 19.8 Å². The van der Waals surface area contributed by atoms with E-state index in [0.717, 1.165) is 12.0 Å². The first-order valence-electron chi connectivity index (χ1n) is 9.27. The molecule has 0 saturated carbocycles. The van der Waals surface area contributed by atoms with Crippen molar-refractivity contribution in [2.24, 2.45) is 5.92 Å². The number of hydrogen-bond donors (Lipinski definition) is 2. The van der Waals surface area contributed by atoms with Crippen LogP contribution in [0.15, 0.2) is 47.4 Å². The molecular formula is C21H28N2O4S. The number of aryl methyl sites for hydroxylation is 2. The average Bonchev–Trinajstić information content (AvgIpc) is 2.62. The highest BCUT2D eigenvalue weighted by atomic mass is 32.2. The van der Waals surface area contributed by atoms with Gasteiger partial charge in [-0.2, -0.15) is 0 Å². The quantitative estimate of drug-likeness (QED) is 0.668. The normalized spacial score (nSPS) is 11.3. The molecule has 28 heavy (non-hydrogen) atoms. The van der Waals surface area contributed by atoms with Gasteiger partial charge in [-0.25, -0.2) is 8.42 Å². The van der Waals surface area contributed by atoms with Gasteiger partial charge in [-0.05, 0) is 62.1 Å². The van der Waals surface area contributed by atoms with Gasteiger partial charge in [0.05, 0.1) is 4.90 Å². The molecule has 6 nitrogen and oxygen atoms in total. The lowest BCUT2D eigenvalue weighted by Crippen LogP contribution is -2.30. The van der Waals surface area contributed by atoms with E-state index in [1.54, 1.807) is 25.1 Å². The molecule has 2 N–H and O–H groups in total. The van der Waals surface area contributed by atoms with Gasteiger partial charge in [-0.3, -0.25) is 9.52 Å². The standard InChI is InChI=1S/C21H28N2O4S/c1-15(2)11-12-22-21(24)14-27-20-10-9-19(13-17(20)4)28(25,26)23-18-7-5-16(3)6-8-18/h5-10,13,15,23H,11-12,14H2,1-4H3,(H,22,24). The summed E-state index contributed by atoms with van der Waals surface area (Å²) in [6.07, 6.45) is 0.908. The predicted molar refractivity (Wildman–Crippen MR) is 111 cm³/mol. The summed E-state index contributed by atoms with van der Waals surface area (Å²) >= 11 is 0. The molecule has 2 aromatic rings. The molecule has 1 amide bonds. The van der Waals surface area contributed by atoms with E-state index in [1.807, 2.05) is 19.1 Å². The number of amides is 1. The summed E-state index contributed by atoms with van der Waals surface area (Å²) < 4.78 is 33.2. The second-order valence-corrected chi connectivity index (χ2v) is 8.90. The number of hydrogen-bond acceptors (Lipinski definition) is 4. The minimum atomic E-state index is -3.70. The van der Waals surface area contributed by atoms with E-state index in [-0.39, 0.29) is 17.4 Å². The second kappa shape index (κ2) is 9.59. The Kier molecular flexibility index (Phi) is 7.45. The predicted octanol–water partition coefficient (Wildman–Crippen LogP) is 3.65. The zero-order valence-electron chi connectivity index (χ0n) is 16.8. The van der Waals surface area contributed by atoms with Crippen LogP contribution in [0.25, 0.3) is 0 Å². The van der Waals surface area contributed by atoms with Gasteiger partial charge in [0, 0.05) is 12.2 Å². The molecule has 0 aliphatic rings. The van der Waals surface area contributed by atoms with Gasteiger partial charge < -0.3 is 10.1 Å². The minimum Gasteiger partial charge on any atom is -0.484 e. The Morgan fingerprint density at radius 2 is 1.75 bits per heavy atom. The monoisotopic (exact) mass is 404 g/mol. The highest BCUT2D eigenvalue weighted by Gasteiger charge is 2.16. The van der Waals surface area contributed by atoms with Crippen LogP contribution < -0.4 is 14.8 Å². The topological polar surface area (TPSA) is 84.5 Å². The van der Waals surface area contributed by atoms with Crippen molar-refractivity contribution < 1.29 is 17.9 Å². The highest BCUT2D eigenvalue weighted by Crippen LogP contribution is 2.23. The van der Waals surface area contributed by atoms with Crippen LogP contribution in [0.3, 0.4) is 0 Å². The molecule has 0 fully saturated rings. The summed E-state index contributed by atoms with van der Waals surface area (Å²) in [4.78, 5) is 12.0. The van der Waals surface area contributed by atoms with E-state index in [0.29, 0.717) is 29.5 Å². The van der Waals surface area contributed by atoms with E-state index in [9.17, 15) is 13.2 Å². The van der Waals surface area contributed by atoms with Crippen molar-refractivity contribution in [2.75, 3.05) is 17.9 Å². The zero-order valence-corrected chi connectivity index (χ0v) is 17.6. The number of sulfonamides is 1. The lowest BCUT2D eigenvalue weighted by atomic mass is 10.1. The van der Waals surface area contributed by atoms with Gasteiger partial charge in [0.2, 0.25) is 0 Å². The first kappa shape index (κ1) is 21.8. The smallest absolute Gasteiger partial charge is 0.261 e. The molecule has 0 bridgehead atoms. The van der Waals surface area contributed by atoms with Crippen LogP contribution in [-0.4, -0.2) is 27.5 Å². The van der Waals surface area contributed by atoms with Crippen molar-refractivity contribution in [3.8, 4) is 5.75 Å². The van der Waals surface area contributed by atoms with Crippen LogP contribution in [0.4, 0.5) is 5.69 Å². The molecule has 0 heterocycles. The number of carbonyl (C=O) groups excluding carboxylic acids is 1. The van der Waals surface area contributed by atoms with Crippen LogP contribution >= 0.6 is 0 Å². The summed E-state index contributed by atoms with van der Waals surface area (Å²) in [5.74, 6) is 0.803. The van der Waals surface area contributed by atoms with Gasteiger partial charge in [-0.15, -0.1) is 0 Å². The van der Waals surface area contributed by atoms with Crippen LogP contribution in [0.1, 0.15) is 31.4 Å². The number of nitrogens with one attached hydrogen (secondary N) is 2. The van der Waals surface area contributed by atoms with Gasteiger partial charge >= 0.3 is 0 Å². The molecule has 0 saturated heterocycles. The summed E-state index contributed by atoms with van der Waals surface area (Å²) in [5.41, 5.74) is 2.19. The first-order chi connectivity index (χ1) is 13.2. The molecule has 2 aromatic carbocycles. The Morgan fingerprint density at radius 3 is 2.36 bits per heavy atom. The third-order valence-electron chi connectivity index (χ3n) is 4.16. The van der Waals surface area contributed by atoms with Crippen molar-refractivity contribution in [1.82, 2.24) is 5.32 Å². The van der Waals surface area contributed by atoms with Gasteiger partial charge in [-0.1, -0.05) is 31.5 Å². The van der Waals surface area contributed by atoms with Crippen LogP contribution in [-0.2, 0) is 14.8 Å². The van der Waals surface area contributed by atoms with Crippen molar-refractivity contribution >= 4 is 21.6 Å². The molecule has 0 aliphatic carbocycles. The minimum absolute atomic E-state index is 0.105. The number of rotatable bonds is 9. The maximum absolute atomic E-state index is 12.6. The Labute approximate surface area is 167 Å². The van der Waals surface area contributed by atoms with E-state index in [4.69, 9.17) is 4.74 Å². The highest BCUT2D eigenvalue weighted by molar-refractivity contribution is 7.92. The van der Waals surface area contributed by atoms with Crippen molar-refractivity contribution in [1.29, 1.82) is 0 Å². The Bertz CT molecular complexity index is 907. The first-order valence-corrected chi connectivity index (χ1v) is 10.8. The average molecular weight is 405 g/mol. The fourth-order valence-corrected chi connectivity index (χ4v) is 3.62. The molecule has 0 atom stereocenters. The molecule has 0 aliphatic heterocycles. The fraction of sp³-hybridized carbons (Fsp3) is 0.381. The van der Waals surface area contributed by atoms with Gasteiger partial charge in [0.15, 0.2) is 6.61 Å². The van der Waals surface area contributed by atoms with Gasteiger partial charge in [0.1, 0.15) is 5.75 Å². The maximum atomic E-state index is 12.6. The summed E-state index contributed by atoms with van der Waals surface area (Å²) in [7, 11) is -3.70. The van der Waals surface area contributed by atoms with E-state index >= 15 is 0 Å². The lowest BCUT2D eigenvalue weighted by molar-refractivity contribution is -0.123. The number of carbonyl (C=O) groups is 1. The molecule has 152 valence electrons. The molecule has 2 rings (SSSR count). The molecule has 0 radical (unpaired) electrons. The van der Waals surface area contributed by atoms with E-state index < -0.39 is 10.0 Å². The summed E-state index contributed by atoms with van der Waals surface area (Å²) in [6.45, 7) is 8.37. The van der Waals surface area contributed by atoms with E-state index in [1.165, 1.54) is 12.1 Å². The van der Waals surface area contributed by atoms with Gasteiger partial charge in [0.25, 0.3) is 15.9 Å². The number of ether oxygens (including phenoxy) is 1. The third kappa shape index (κ3) is 6.56. The lowest BCUT2D eigenvalue weighted by Gasteiger charge is -2.13. The largest absolute Gasteiger partial charge is 0.484 e. The molecule has 0 unspecified atom stereocenters. The van der Waals surface area contributed by atoms with Crippen LogP contribution in [0.2, 0.25) is 0 Å². The Hall–Kier alpha value is -2.54. The van der Waals surface area contributed by atoms with Crippen LogP contribution in [0.5, 0.6) is 5.75 Å². The molecular weight excluding hydrogens is 376 g/mol. The summed E-state index contributed by atoms with van der Waals surface area (Å²) in [5, 5.41) is 2.80. The van der Waals surface area contributed by atoms with Crippen molar-refractivity contribution in [3.63, 3.8) is 0 Å². The fourth-order valence-electron chi connectivity index (χ4n) is 2.48. The zero-order chi connectivity index (χ0) is 20.7.